The number of halogens is 3. The van der Waals surface area contributed by atoms with Crippen LogP contribution in [0.3, 0.4) is 0 Å². The average Bonchev–Trinajstić information content (AvgIpc) is 2.84. The van der Waals surface area contributed by atoms with E-state index in [-0.39, 0.29) is 24.0 Å². The van der Waals surface area contributed by atoms with Crippen molar-refractivity contribution in [3.63, 3.8) is 0 Å². The summed E-state index contributed by atoms with van der Waals surface area (Å²) in [7, 11) is 0. The highest BCUT2D eigenvalue weighted by Gasteiger charge is 2.16. The van der Waals surface area contributed by atoms with E-state index in [0.29, 0.717) is 11.4 Å². The summed E-state index contributed by atoms with van der Waals surface area (Å²) in [4.78, 5) is 15.1. The lowest BCUT2D eigenvalue weighted by atomic mass is 10.2. The Morgan fingerprint density at radius 1 is 1.09 bits per heavy atom. The number of imidazole rings is 1. The summed E-state index contributed by atoms with van der Waals surface area (Å²) in [5.74, 6) is -3.21. The maximum absolute atomic E-state index is 13.5. The van der Waals surface area contributed by atoms with Gasteiger partial charge in [0.25, 0.3) is 0 Å². The van der Waals surface area contributed by atoms with Crippen LogP contribution in [-0.4, -0.2) is 20.6 Å². The number of carboxylic acid groups (broad SMARTS) is 1. The molecule has 0 saturated carbocycles. The number of hydrogen-bond acceptors (Lipinski definition) is 2. The van der Waals surface area contributed by atoms with Crippen molar-refractivity contribution >= 4 is 17.0 Å². The first-order valence-corrected chi connectivity index (χ1v) is 6.78. The van der Waals surface area contributed by atoms with Gasteiger partial charge in [-0.1, -0.05) is 0 Å². The summed E-state index contributed by atoms with van der Waals surface area (Å²) in [5.41, 5.74) is 1.01. The summed E-state index contributed by atoms with van der Waals surface area (Å²) in [6, 6.07) is 7.34. The van der Waals surface area contributed by atoms with E-state index in [9.17, 15) is 18.0 Å². The Kier molecular flexibility index (Phi) is 3.77. The van der Waals surface area contributed by atoms with Crippen LogP contribution in [0.2, 0.25) is 0 Å². The van der Waals surface area contributed by atoms with Crippen molar-refractivity contribution in [1.29, 1.82) is 0 Å². The van der Waals surface area contributed by atoms with Crippen LogP contribution in [0.5, 0.6) is 0 Å². The molecule has 1 N–H and O–H groups in total. The number of carbonyl (C=O) groups is 1. The Labute approximate surface area is 128 Å². The lowest BCUT2D eigenvalue weighted by molar-refractivity contribution is -0.137. The molecule has 0 atom stereocenters. The van der Waals surface area contributed by atoms with Crippen molar-refractivity contribution in [2.45, 2.75) is 13.0 Å². The Bertz CT molecular complexity index is 888. The van der Waals surface area contributed by atoms with Crippen LogP contribution < -0.4 is 0 Å². The van der Waals surface area contributed by atoms with E-state index in [0.717, 1.165) is 12.1 Å². The molecule has 0 radical (unpaired) electrons. The molecular weight excluding hydrogens is 309 g/mol. The molecule has 0 unspecified atom stereocenters. The van der Waals surface area contributed by atoms with Crippen LogP contribution in [0.25, 0.3) is 22.4 Å². The topological polar surface area (TPSA) is 55.1 Å². The molecule has 118 valence electrons. The zero-order valence-corrected chi connectivity index (χ0v) is 11.8. The molecule has 0 bridgehead atoms. The van der Waals surface area contributed by atoms with Crippen molar-refractivity contribution in [3.8, 4) is 11.4 Å². The fourth-order valence-electron chi connectivity index (χ4n) is 2.37. The molecule has 0 fully saturated rings. The van der Waals surface area contributed by atoms with Gasteiger partial charge in [0.15, 0.2) is 11.6 Å². The molecule has 0 saturated heterocycles. The first kappa shape index (κ1) is 15.1. The molecule has 1 aromatic heterocycles. The van der Waals surface area contributed by atoms with Crippen molar-refractivity contribution in [2.75, 3.05) is 0 Å². The maximum Gasteiger partial charge on any atom is 0.305 e. The Balaban J connectivity index is 2.20. The minimum Gasteiger partial charge on any atom is -0.481 e. The van der Waals surface area contributed by atoms with Gasteiger partial charge >= 0.3 is 5.97 Å². The highest BCUT2D eigenvalue weighted by Crippen LogP contribution is 2.27. The summed E-state index contributed by atoms with van der Waals surface area (Å²) >= 11 is 0. The lowest BCUT2D eigenvalue weighted by Gasteiger charge is -2.08. The molecule has 23 heavy (non-hydrogen) atoms. The second-order valence-electron chi connectivity index (χ2n) is 4.99. The summed E-state index contributed by atoms with van der Waals surface area (Å²) in [6.45, 7) is 0.0314. The van der Waals surface area contributed by atoms with Crippen LogP contribution in [0.1, 0.15) is 6.42 Å². The second-order valence-corrected chi connectivity index (χ2v) is 4.99. The zero-order chi connectivity index (χ0) is 16.6. The van der Waals surface area contributed by atoms with Gasteiger partial charge in [-0.15, -0.1) is 0 Å². The van der Waals surface area contributed by atoms with Crippen molar-refractivity contribution in [2.24, 2.45) is 0 Å². The standard InChI is InChI=1S/C16H11F3N2O2/c17-10-3-1-9(2-4-10)16-20-13-7-11(18)12(19)8-14(13)21(16)6-5-15(22)23/h1-4,7-8H,5-6H2,(H,22,23). The van der Waals surface area contributed by atoms with Gasteiger partial charge in [0, 0.05) is 24.2 Å². The quantitative estimate of drug-likeness (QED) is 0.799. The minimum atomic E-state index is -1.04. The number of fused-ring (bicyclic) bond motifs is 1. The van der Waals surface area contributed by atoms with Crippen LogP contribution in [0.15, 0.2) is 36.4 Å². The first-order valence-electron chi connectivity index (χ1n) is 6.78. The molecule has 1 heterocycles. The van der Waals surface area contributed by atoms with Gasteiger partial charge in [-0.05, 0) is 24.3 Å². The molecule has 0 aliphatic carbocycles. The third-order valence-electron chi connectivity index (χ3n) is 3.44. The van der Waals surface area contributed by atoms with Gasteiger partial charge in [0.1, 0.15) is 11.6 Å². The molecule has 0 spiro atoms. The second kappa shape index (κ2) is 5.75. The van der Waals surface area contributed by atoms with E-state index >= 15 is 0 Å². The monoisotopic (exact) mass is 320 g/mol. The SMILES string of the molecule is O=C(O)CCn1c(-c2ccc(F)cc2)nc2cc(F)c(F)cc21. The molecule has 2 aromatic carbocycles. The number of hydrogen-bond donors (Lipinski definition) is 1. The Hall–Kier alpha value is -2.83. The summed E-state index contributed by atoms with van der Waals surface area (Å²) in [5, 5.41) is 8.86. The molecule has 4 nitrogen and oxygen atoms in total. The average molecular weight is 320 g/mol. The van der Waals surface area contributed by atoms with E-state index < -0.39 is 23.4 Å². The number of aliphatic carboxylic acids is 1. The maximum atomic E-state index is 13.5. The fraction of sp³-hybridized carbons (Fsp3) is 0.125. The molecule has 7 heteroatoms. The highest BCUT2D eigenvalue weighted by atomic mass is 19.2. The predicted molar refractivity (Wildman–Crippen MR) is 77.3 cm³/mol. The van der Waals surface area contributed by atoms with E-state index in [1.807, 2.05) is 0 Å². The summed E-state index contributed by atoms with van der Waals surface area (Å²) < 4.78 is 41.4. The smallest absolute Gasteiger partial charge is 0.305 e. The third kappa shape index (κ3) is 2.90. The minimum absolute atomic E-state index is 0.0314. The van der Waals surface area contributed by atoms with Gasteiger partial charge < -0.3 is 9.67 Å². The number of benzene rings is 2. The predicted octanol–water partition coefficient (Wildman–Crippen LogP) is 3.60. The molecule has 0 aliphatic heterocycles. The highest BCUT2D eigenvalue weighted by molar-refractivity contribution is 5.81. The van der Waals surface area contributed by atoms with Crippen LogP contribution >= 0.6 is 0 Å². The molecule has 0 aliphatic rings. The number of rotatable bonds is 4. The molecule has 3 aromatic rings. The molecular formula is C16H11F3N2O2. The van der Waals surface area contributed by atoms with Crippen molar-refractivity contribution in [3.05, 3.63) is 53.8 Å². The number of carboxylic acids is 1. The van der Waals surface area contributed by atoms with Crippen molar-refractivity contribution in [1.82, 2.24) is 9.55 Å². The van der Waals surface area contributed by atoms with E-state index in [1.54, 1.807) is 0 Å². The zero-order valence-electron chi connectivity index (χ0n) is 11.8. The van der Waals surface area contributed by atoms with Gasteiger partial charge in [-0.25, -0.2) is 18.2 Å². The van der Waals surface area contributed by atoms with Crippen LogP contribution in [0.4, 0.5) is 13.2 Å². The van der Waals surface area contributed by atoms with E-state index in [2.05, 4.69) is 4.98 Å². The third-order valence-corrected chi connectivity index (χ3v) is 3.44. The Morgan fingerprint density at radius 3 is 2.39 bits per heavy atom. The lowest BCUT2D eigenvalue weighted by Crippen LogP contribution is -2.06. The number of aromatic nitrogens is 2. The molecule has 0 amide bonds. The van der Waals surface area contributed by atoms with E-state index in [4.69, 9.17) is 5.11 Å². The van der Waals surface area contributed by atoms with Gasteiger partial charge in [-0.3, -0.25) is 4.79 Å². The number of nitrogens with zero attached hydrogens (tertiary/aromatic N) is 2. The Morgan fingerprint density at radius 2 is 1.74 bits per heavy atom. The fourth-order valence-corrected chi connectivity index (χ4v) is 2.37. The largest absolute Gasteiger partial charge is 0.481 e. The van der Waals surface area contributed by atoms with Crippen LogP contribution in [-0.2, 0) is 11.3 Å². The van der Waals surface area contributed by atoms with Gasteiger partial charge in [0.05, 0.1) is 17.5 Å². The van der Waals surface area contributed by atoms with E-state index in [1.165, 1.54) is 28.8 Å². The van der Waals surface area contributed by atoms with Gasteiger partial charge in [0.2, 0.25) is 0 Å². The normalized spacial score (nSPS) is 11.1. The van der Waals surface area contributed by atoms with Crippen molar-refractivity contribution < 1.29 is 23.1 Å². The number of aryl methyl sites for hydroxylation is 1. The van der Waals surface area contributed by atoms with Gasteiger partial charge in [-0.2, -0.15) is 0 Å². The molecule has 3 rings (SSSR count). The summed E-state index contributed by atoms with van der Waals surface area (Å²) in [6.07, 6.45) is -0.210. The first-order chi connectivity index (χ1) is 11.0. The van der Waals surface area contributed by atoms with Crippen LogP contribution in [0, 0.1) is 17.5 Å².